The molecular formula is C10H10ClN3O3S. The van der Waals surface area contributed by atoms with Gasteiger partial charge in [-0.15, -0.1) is 0 Å². The van der Waals surface area contributed by atoms with E-state index < -0.39 is 10.0 Å². The van der Waals surface area contributed by atoms with E-state index in [0.29, 0.717) is 10.7 Å². The second kappa shape index (κ2) is 4.51. The van der Waals surface area contributed by atoms with Gasteiger partial charge in [0.15, 0.2) is 0 Å². The lowest BCUT2D eigenvalue weighted by Crippen LogP contribution is -2.13. The van der Waals surface area contributed by atoms with Crippen LogP contribution in [0.5, 0.6) is 0 Å². The number of hydrogen-bond acceptors (Lipinski definition) is 5. The summed E-state index contributed by atoms with van der Waals surface area (Å²) in [5.41, 5.74) is 6.31. The van der Waals surface area contributed by atoms with Crippen molar-refractivity contribution in [1.29, 1.82) is 0 Å². The van der Waals surface area contributed by atoms with E-state index in [4.69, 9.17) is 21.8 Å². The lowest BCUT2D eigenvalue weighted by atomic mass is 10.3. The van der Waals surface area contributed by atoms with Crippen molar-refractivity contribution in [3.05, 3.63) is 35.2 Å². The van der Waals surface area contributed by atoms with E-state index in [9.17, 15) is 8.42 Å². The predicted molar refractivity (Wildman–Crippen MR) is 67.9 cm³/mol. The first-order valence-corrected chi connectivity index (χ1v) is 6.74. The number of nitrogens with two attached hydrogens (primary N) is 1. The SMILES string of the molecule is Cc1coc(NS(=O)(=O)c2ccc(Cl)c(N)c2)n1. The summed E-state index contributed by atoms with van der Waals surface area (Å²) in [5.74, 6) is 0. The monoisotopic (exact) mass is 287 g/mol. The number of halogens is 1. The second-order valence-corrected chi connectivity index (χ2v) is 5.67. The molecule has 0 unspecified atom stereocenters. The molecule has 0 aliphatic heterocycles. The summed E-state index contributed by atoms with van der Waals surface area (Å²) in [6.07, 6.45) is 1.34. The molecule has 18 heavy (non-hydrogen) atoms. The maximum Gasteiger partial charge on any atom is 0.309 e. The van der Waals surface area contributed by atoms with Gasteiger partial charge in [0.25, 0.3) is 10.0 Å². The Hall–Kier alpha value is -1.73. The lowest BCUT2D eigenvalue weighted by molar-refractivity contribution is 0.569. The number of nitrogens with zero attached hydrogens (tertiary/aromatic N) is 1. The van der Waals surface area contributed by atoms with E-state index in [-0.39, 0.29) is 16.6 Å². The minimum Gasteiger partial charge on any atom is -0.431 e. The molecule has 2 rings (SSSR count). The highest BCUT2D eigenvalue weighted by Crippen LogP contribution is 2.23. The zero-order valence-electron chi connectivity index (χ0n) is 9.34. The molecule has 96 valence electrons. The van der Waals surface area contributed by atoms with Crippen molar-refractivity contribution >= 4 is 33.3 Å². The highest BCUT2D eigenvalue weighted by molar-refractivity contribution is 7.92. The molecule has 0 radical (unpaired) electrons. The number of nitrogen functional groups attached to an aromatic ring is 1. The normalized spacial score (nSPS) is 11.4. The third-order valence-electron chi connectivity index (χ3n) is 2.12. The topological polar surface area (TPSA) is 98.2 Å². The molecule has 0 amide bonds. The number of benzene rings is 1. The largest absolute Gasteiger partial charge is 0.431 e. The van der Waals surface area contributed by atoms with Crippen LogP contribution >= 0.6 is 11.6 Å². The van der Waals surface area contributed by atoms with Crippen LogP contribution in [0.2, 0.25) is 5.02 Å². The molecule has 0 aliphatic rings. The molecule has 0 atom stereocenters. The number of aryl methyl sites for hydroxylation is 1. The fourth-order valence-electron chi connectivity index (χ4n) is 1.26. The first-order valence-electron chi connectivity index (χ1n) is 4.88. The van der Waals surface area contributed by atoms with Gasteiger partial charge in [0, 0.05) is 0 Å². The van der Waals surface area contributed by atoms with Crippen LogP contribution in [0.3, 0.4) is 0 Å². The van der Waals surface area contributed by atoms with Gasteiger partial charge in [0.1, 0.15) is 6.26 Å². The van der Waals surface area contributed by atoms with Crippen LogP contribution in [0.4, 0.5) is 11.7 Å². The number of nitrogens with one attached hydrogen (secondary N) is 1. The zero-order valence-corrected chi connectivity index (χ0v) is 10.9. The molecule has 0 bridgehead atoms. The van der Waals surface area contributed by atoms with Crippen LogP contribution in [0, 0.1) is 6.92 Å². The van der Waals surface area contributed by atoms with Gasteiger partial charge in [-0.1, -0.05) is 11.6 Å². The van der Waals surface area contributed by atoms with Crippen molar-refractivity contribution in [2.24, 2.45) is 0 Å². The van der Waals surface area contributed by atoms with Crippen molar-refractivity contribution in [1.82, 2.24) is 4.98 Å². The molecule has 0 saturated heterocycles. The average Bonchev–Trinajstić information content (AvgIpc) is 2.67. The minimum atomic E-state index is -3.78. The van der Waals surface area contributed by atoms with E-state index in [1.165, 1.54) is 24.5 Å². The summed E-state index contributed by atoms with van der Waals surface area (Å²) in [7, 11) is -3.78. The van der Waals surface area contributed by atoms with Crippen LogP contribution in [-0.2, 0) is 10.0 Å². The van der Waals surface area contributed by atoms with Crippen LogP contribution in [-0.4, -0.2) is 13.4 Å². The quantitative estimate of drug-likeness (QED) is 0.842. The molecule has 0 aliphatic carbocycles. The molecule has 3 N–H and O–H groups in total. The smallest absolute Gasteiger partial charge is 0.309 e. The van der Waals surface area contributed by atoms with Gasteiger partial charge in [0.05, 0.1) is 21.3 Å². The van der Waals surface area contributed by atoms with Crippen molar-refractivity contribution in [2.75, 3.05) is 10.5 Å². The molecular weight excluding hydrogens is 278 g/mol. The Bertz CT molecular complexity index is 681. The highest BCUT2D eigenvalue weighted by atomic mass is 35.5. The standard InChI is InChI=1S/C10H10ClN3O3S/c1-6-5-17-10(13-6)14-18(15,16)7-2-3-8(11)9(12)4-7/h2-5H,12H2,1H3,(H,13,14). The Balaban J connectivity index is 2.33. The molecule has 6 nitrogen and oxygen atoms in total. The van der Waals surface area contributed by atoms with Crippen molar-refractivity contribution < 1.29 is 12.8 Å². The fourth-order valence-corrected chi connectivity index (χ4v) is 2.35. The number of hydrogen-bond donors (Lipinski definition) is 2. The molecule has 0 saturated carbocycles. The van der Waals surface area contributed by atoms with Gasteiger partial charge in [-0.05, 0) is 25.1 Å². The third-order valence-corrected chi connectivity index (χ3v) is 3.78. The zero-order chi connectivity index (χ0) is 13.3. The van der Waals surface area contributed by atoms with Crippen LogP contribution in [0.1, 0.15) is 5.69 Å². The highest BCUT2D eigenvalue weighted by Gasteiger charge is 2.17. The van der Waals surface area contributed by atoms with Crippen LogP contribution in [0.25, 0.3) is 0 Å². The summed E-state index contributed by atoms with van der Waals surface area (Å²) in [6, 6.07) is 3.92. The number of oxazole rings is 1. The van der Waals surface area contributed by atoms with Gasteiger partial charge < -0.3 is 10.2 Å². The average molecular weight is 288 g/mol. The Morgan fingerprint density at radius 1 is 1.44 bits per heavy atom. The van der Waals surface area contributed by atoms with Crippen LogP contribution in [0.15, 0.2) is 33.8 Å². The first-order chi connectivity index (χ1) is 8.38. The summed E-state index contributed by atoms with van der Waals surface area (Å²) >= 11 is 5.72. The maximum atomic E-state index is 12.0. The molecule has 0 spiro atoms. The molecule has 1 aromatic carbocycles. The van der Waals surface area contributed by atoms with Crippen molar-refractivity contribution in [2.45, 2.75) is 11.8 Å². The molecule has 0 fully saturated rings. The van der Waals surface area contributed by atoms with E-state index >= 15 is 0 Å². The summed E-state index contributed by atoms with van der Waals surface area (Å²) in [6.45, 7) is 1.68. The van der Waals surface area contributed by atoms with Crippen LogP contribution < -0.4 is 10.5 Å². The number of rotatable bonds is 3. The summed E-state index contributed by atoms with van der Waals surface area (Å²) < 4.78 is 31.0. The number of sulfonamides is 1. The Labute approximate surface area is 109 Å². The molecule has 2 aromatic rings. The Morgan fingerprint density at radius 2 is 2.17 bits per heavy atom. The fraction of sp³-hybridized carbons (Fsp3) is 0.100. The summed E-state index contributed by atoms with van der Waals surface area (Å²) in [4.78, 5) is 3.83. The second-order valence-electron chi connectivity index (χ2n) is 3.58. The Morgan fingerprint density at radius 3 is 2.72 bits per heavy atom. The predicted octanol–water partition coefficient (Wildman–Crippen LogP) is 2.02. The van der Waals surface area contributed by atoms with Gasteiger partial charge >= 0.3 is 6.01 Å². The Kier molecular flexibility index (Phi) is 3.18. The molecule has 1 aromatic heterocycles. The van der Waals surface area contributed by atoms with E-state index in [1.54, 1.807) is 6.92 Å². The third kappa shape index (κ3) is 2.57. The van der Waals surface area contributed by atoms with Gasteiger partial charge in [-0.25, -0.2) is 13.1 Å². The maximum absolute atomic E-state index is 12.0. The van der Waals surface area contributed by atoms with Crippen molar-refractivity contribution in [3.8, 4) is 0 Å². The van der Waals surface area contributed by atoms with Gasteiger partial charge in [0.2, 0.25) is 0 Å². The molecule has 1 heterocycles. The lowest BCUT2D eigenvalue weighted by Gasteiger charge is -2.05. The number of aromatic nitrogens is 1. The minimum absolute atomic E-state index is 0.0137. The van der Waals surface area contributed by atoms with E-state index in [2.05, 4.69) is 9.71 Å². The summed E-state index contributed by atoms with van der Waals surface area (Å²) in [5, 5.41) is 0.293. The van der Waals surface area contributed by atoms with Crippen molar-refractivity contribution in [3.63, 3.8) is 0 Å². The van der Waals surface area contributed by atoms with Gasteiger partial charge in [-0.2, -0.15) is 4.98 Å². The van der Waals surface area contributed by atoms with Gasteiger partial charge in [-0.3, -0.25) is 0 Å². The van der Waals surface area contributed by atoms with E-state index in [1.807, 2.05) is 0 Å². The first kappa shape index (κ1) is 12.7. The number of anilines is 2. The molecule has 8 heteroatoms. The van der Waals surface area contributed by atoms with E-state index in [0.717, 1.165) is 0 Å².